The van der Waals surface area contributed by atoms with Gasteiger partial charge in [0.2, 0.25) is 0 Å². The van der Waals surface area contributed by atoms with Gasteiger partial charge in [-0.05, 0) is 25.7 Å². The molecule has 0 radical (unpaired) electrons. The largest absolute Gasteiger partial charge is 0.481 e. The quantitative estimate of drug-likeness (QED) is 0.611. The van der Waals surface area contributed by atoms with Crippen LogP contribution in [-0.4, -0.2) is 11.1 Å². The van der Waals surface area contributed by atoms with Crippen LogP contribution in [0.2, 0.25) is 0 Å². The third-order valence-corrected chi connectivity index (χ3v) is 2.47. The van der Waals surface area contributed by atoms with Crippen molar-refractivity contribution in [1.29, 1.82) is 0 Å². The van der Waals surface area contributed by atoms with Crippen LogP contribution in [-0.2, 0) is 4.79 Å². The second-order valence-electron chi connectivity index (χ2n) is 3.59. The molecular weight excluding hydrogens is 152 g/mol. The number of allylic oxidation sites excluding steroid dienone is 1. The summed E-state index contributed by atoms with van der Waals surface area (Å²) in [6.45, 7) is 3.89. The van der Waals surface area contributed by atoms with Gasteiger partial charge in [0.1, 0.15) is 0 Å². The maximum absolute atomic E-state index is 10.7. The van der Waals surface area contributed by atoms with Crippen LogP contribution in [0.15, 0.2) is 12.2 Å². The van der Waals surface area contributed by atoms with E-state index in [2.05, 4.69) is 6.58 Å². The van der Waals surface area contributed by atoms with Gasteiger partial charge >= 0.3 is 5.97 Å². The number of hydrogen-bond donors (Lipinski definition) is 1. The lowest BCUT2D eigenvalue weighted by atomic mass is 9.89. The molecule has 0 heterocycles. The first kappa shape index (κ1) is 9.30. The summed E-state index contributed by atoms with van der Waals surface area (Å²) in [5.41, 5.74) is 1.11. The van der Waals surface area contributed by atoms with E-state index in [1.807, 2.05) is 0 Å². The van der Waals surface area contributed by atoms with E-state index in [1.54, 1.807) is 0 Å². The Morgan fingerprint density at radius 3 is 2.83 bits per heavy atom. The van der Waals surface area contributed by atoms with E-state index in [9.17, 15) is 4.79 Å². The Balaban J connectivity index is 2.49. The highest BCUT2D eigenvalue weighted by atomic mass is 16.4. The molecule has 12 heavy (non-hydrogen) atoms. The number of carboxylic acids is 1. The Kier molecular flexibility index (Phi) is 3.32. The molecule has 1 unspecified atom stereocenters. The van der Waals surface area contributed by atoms with Crippen molar-refractivity contribution in [3.63, 3.8) is 0 Å². The summed E-state index contributed by atoms with van der Waals surface area (Å²) in [6, 6.07) is 0. The van der Waals surface area contributed by atoms with Gasteiger partial charge in [-0.2, -0.15) is 0 Å². The van der Waals surface area contributed by atoms with Gasteiger partial charge in [-0.15, -0.1) is 0 Å². The fourth-order valence-corrected chi connectivity index (χ4v) is 1.71. The van der Waals surface area contributed by atoms with E-state index in [0.717, 1.165) is 31.3 Å². The zero-order valence-electron chi connectivity index (χ0n) is 7.38. The van der Waals surface area contributed by atoms with Gasteiger partial charge < -0.3 is 5.11 Å². The molecule has 0 aromatic heterocycles. The molecule has 0 aliphatic heterocycles. The average molecular weight is 168 g/mol. The molecule has 0 saturated heterocycles. The Morgan fingerprint density at radius 2 is 2.17 bits per heavy atom. The molecule has 1 fully saturated rings. The van der Waals surface area contributed by atoms with E-state index in [4.69, 9.17) is 5.11 Å². The second-order valence-corrected chi connectivity index (χ2v) is 3.59. The lowest BCUT2D eigenvalue weighted by Gasteiger charge is -2.17. The van der Waals surface area contributed by atoms with Gasteiger partial charge in [0, 0.05) is 0 Å². The smallest absolute Gasteiger partial charge is 0.306 e. The molecule has 0 aromatic carbocycles. The molecule has 1 atom stereocenters. The van der Waals surface area contributed by atoms with Crippen LogP contribution >= 0.6 is 0 Å². The van der Waals surface area contributed by atoms with Crippen LogP contribution in [0.4, 0.5) is 0 Å². The summed E-state index contributed by atoms with van der Waals surface area (Å²) >= 11 is 0. The summed E-state index contributed by atoms with van der Waals surface area (Å²) in [4.78, 5) is 10.7. The molecule has 1 rings (SSSR count). The van der Waals surface area contributed by atoms with Gasteiger partial charge in [0.15, 0.2) is 0 Å². The minimum Gasteiger partial charge on any atom is -0.481 e. The Morgan fingerprint density at radius 1 is 1.42 bits per heavy atom. The Bertz CT molecular complexity index is 184. The van der Waals surface area contributed by atoms with Crippen molar-refractivity contribution in [2.24, 2.45) is 5.92 Å². The summed E-state index contributed by atoms with van der Waals surface area (Å²) in [5, 5.41) is 8.83. The minimum absolute atomic E-state index is 0.169. The van der Waals surface area contributed by atoms with Crippen LogP contribution in [0.5, 0.6) is 0 Å². The summed E-state index contributed by atoms with van der Waals surface area (Å²) in [6.07, 6.45) is 5.94. The molecular formula is C10H16O2. The Hall–Kier alpha value is -0.790. The average Bonchev–Trinajstić information content (AvgIpc) is 1.95. The number of hydrogen-bond acceptors (Lipinski definition) is 1. The van der Waals surface area contributed by atoms with Crippen molar-refractivity contribution < 1.29 is 9.90 Å². The normalized spacial score (nSPS) is 26.0. The number of carboxylic acid groups (broad SMARTS) is 1. The van der Waals surface area contributed by atoms with Crippen molar-refractivity contribution in [3.05, 3.63) is 12.2 Å². The van der Waals surface area contributed by atoms with E-state index >= 15 is 0 Å². The van der Waals surface area contributed by atoms with Gasteiger partial charge in [-0.3, -0.25) is 4.79 Å². The molecule has 68 valence electrons. The van der Waals surface area contributed by atoms with Crippen LogP contribution in [0.25, 0.3) is 0 Å². The Labute approximate surface area is 73.3 Å². The second kappa shape index (κ2) is 4.29. The fraction of sp³-hybridized carbons (Fsp3) is 0.700. The van der Waals surface area contributed by atoms with Gasteiger partial charge in [0.05, 0.1) is 5.92 Å². The number of carbonyl (C=O) groups is 1. The predicted molar refractivity (Wildman–Crippen MR) is 48.0 cm³/mol. The SMILES string of the molecule is C=C1CCCCCC(C(=O)O)C1. The lowest BCUT2D eigenvalue weighted by Crippen LogP contribution is -2.15. The topological polar surface area (TPSA) is 37.3 Å². The first-order valence-corrected chi connectivity index (χ1v) is 4.59. The first-order valence-electron chi connectivity index (χ1n) is 4.59. The monoisotopic (exact) mass is 168 g/mol. The van der Waals surface area contributed by atoms with Gasteiger partial charge in [0.25, 0.3) is 0 Å². The maximum atomic E-state index is 10.7. The highest BCUT2D eigenvalue weighted by Gasteiger charge is 2.19. The van der Waals surface area contributed by atoms with Crippen LogP contribution < -0.4 is 0 Å². The molecule has 1 N–H and O–H groups in total. The number of rotatable bonds is 1. The zero-order chi connectivity index (χ0) is 8.97. The molecule has 0 spiro atoms. The van der Waals surface area contributed by atoms with E-state index in [1.165, 1.54) is 6.42 Å². The first-order chi connectivity index (χ1) is 5.70. The predicted octanol–water partition coefficient (Wildman–Crippen LogP) is 2.60. The van der Waals surface area contributed by atoms with Crippen LogP contribution in [0.3, 0.4) is 0 Å². The molecule has 1 aliphatic carbocycles. The zero-order valence-corrected chi connectivity index (χ0v) is 7.38. The molecule has 1 aliphatic rings. The third kappa shape index (κ3) is 2.68. The molecule has 0 aromatic rings. The van der Waals surface area contributed by atoms with Crippen molar-refractivity contribution in [3.8, 4) is 0 Å². The van der Waals surface area contributed by atoms with Crippen molar-refractivity contribution in [1.82, 2.24) is 0 Å². The molecule has 2 nitrogen and oxygen atoms in total. The maximum Gasteiger partial charge on any atom is 0.306 e. The summed E-state index contributed by atoms with van der Waals surface area (Å²) < 4.78 is 0. The van der Waals surface area contributed by atoms with Crippen molar-refractivity contribution in [2.45, 2.75) is 38.5 Å². The van der Waals surface area contributed by atoms with E-state index in [-0.39, 0.29) is 5.92 Å². The van der Waals surface area contributed by atoms with Crippen LogP contribution in [0, 0.1) is 5.92 Å². The van der Waals surface area contributed by atoms with Crippen molar-refractivity contribution >= 4 is 5.97 Å². The highest BCUT2D eigenvalue weighted by molar-refractivity contribution is 5.70. The third-order valence-electron chi connectivity index (χ3n) is 2.47. The highest BCUT2D eigenvalue weighted by Crippen LogP contribution is 2.25. The lowest BCUT2D eigenvalue weighted by molar-refractivity contribution is -0.142. The fourth-order valence-electron chi connectivity index (χ4n) is 1.71. The number of aliphatic carboxylic acids is 1. The minimum atomic E-state index is -0.655. The summed E-state index contributed by atoms with van der Waals surface area (Å²) in [5.74, 6) is -0.823. The molecule has 1 saturated carbocycles. The molecule has 2 heteroatoms. The standard InChI is InChI=1S/C10H16O2/c1-8-5-3-2-4-6-9(7-8)10(11)12/h9H,1-7H2,(H,11,12). The van der Waals surface area contributed by atoms with Gasteiger partial charge in [-0.1, -0.05) is 25.0 Å². The molecule has 0 bridgehead atoms. The molecule has 0 amide bonds. The van der Waals surface area contributed by atoms with E-state index < -0.39 is 5.97 Å². The summed E-state index contributed by atoms with van der Waals surface area (Å²) in [7, 11) is 0. The van der Waals surface area contributed by atoms with Crippen molar-refractivity contribution in [2.75, 3.05) is 0 Å². The van der Waals surface area contributed by atoms with Crippen LogP contribution in [0.1, 0.15) is 38.5 Å². The van der Waals surface area contributed by atoms with Gasteiger partial charge in [-0.25, -0.2) is 0 Å². The van der Waals surface area contributed by atoms with E-state index in [0.29, 0.717) is 6.42 Å².